The molecule has 2 aromatic heterocycles. The zero-order valence-electron chi connectivity index (χ0n) is 19.9. The van der Waals surface area contributed by atoms with E-state index in [2.05, 4.69) is 14.7 Å². The molecule has 0 saturated carbocycles. The van der Waals surface area contributed by atoms with Crippen LogP contribution < -0.4 is 14.2 Å². The lowest BCUT2D eigenvalue weighted by atomic mass is 10.2. The molecule has 0 saturated heterocycles. The number of hydrogen-bond acceptors (Lipinski definition) is 7. The highest BCUT2D eigenvalue weighted by molar-refractivity contribution is 7.92. The molecule has 36 heavy (non-hydrogen) atoms. The number of imidazole rings is 1. The SMILES string of the molecule is Cc1c(Cl)cccc1S(=O)(=O)Nc1ncc2nccn2c1OCc1ccc(Cl)c(OCCN(C)C)c1. The van der Waals surface area contributed by atoms with Gasteiger partial charge in [0, 0.05) is 24.0 Å². The van der Waals surface area contributed by atoms with Crippen molar-refractivity contribution in [2.45, 2.75) is 18.4 Å². The van der Waals surface area contributed by atoms with Gasteiger partial charge in [0.05, 0.1) is 16.1 Å². The molecule has 4 aromatic rings. The van der Waals surface area contributed by atoms with Crippen molar-refractivity contribution in [3.8, 4) is 11.6 Å². The van der Waals surface area contributed by atoms with Gasteiger partial charge < -0.3 is 14.4 Å². The van der Waals surface area contributed by atoms with Gasteiger partial charge >= 0.3 is 0 Å². The number of anilines is 1. The molecule has 0 radical (unpaired) electrons. The molecule has 9 nitrogen and oxygen atoms in total. The molecule has 2 aromatic carbocycles. The van der Waals surface area contributed by atoms with E-state index in [1.807, 2.05) is 25.1 Å². The van der Waals surface area contributed by atoms with Gasteiger partial charge in [-0.3, -0.25) is 9.12 Å². The minimum Gasteiger partial charge on any atom is -0.491 e. The first-order valence-electron chi connectivity index (χ1n) is 10.9. The number of aromatic nitrogens is 3. The van der Waals surface area contributed by atoms with E-state index < -0.39 is 10.0 Å². The minimum absolute atomic E-state index is 0.0105. The van der Waals surface area contributed by atoms with Crippen molar-refractivity contribution >= 4 is 44.7 Å². The van der Waals surface area contributed by atoms with Gasteiger partial charge in [0.15, 0.2) is 5.65 Å². The molecule has 2 heterocycles. The van der Waals surface area contributed by atoms with E-state index in [4.69, 9.17) is 32.7 Å². The third kappa shape index (κ3) is 5.84. The molecule has 0 aliphatic rings. The van der Waals surface area contributed by atoms with E-state index in [-0.39, 0.29) is 23.2 Å². The second-order valence-electron chi connectivity index (χ2n) is 8.24. The summed E-state index contributed by atoms with van der Waals surface area (Å²) in [6.45, 7) is 2.95. The molecule has 190 valence electrons. The van der Waals surface area contributed by atoms with Gasteiger partial charge in [-0.25, -0.2) is 18.4 Å². The van der Waals surface area contributed by atoms with Crippen LogP contribution in [0.5, 0.6) is 11.6 Å². The van der Waals surface area contributed by atoms with Crippen LogP contribution >= 0.6 is 23.2 Å². The quantitative estimate of drug-likeness (QED) is 0.307. The Bertz CT molecular complexity index is 1490. The lowest BCUT2D eigenvalue weighted by Gasteiger charge is -2.16. The molecule has 0 unspecified atom stereocenters. The number of halogens is 2. The summed E-state index contributed by atoms with van der Waals surface area (Å²) in [5, 5.41) is 0.833. The molecule has 0 aliphatic carbocycles. The third-order valence-corrected chi connectivity index (χ3v) is 7.51. The average molecular weight is 550 g/mol. The summed E-state index contributed by atoms with van der Waals surface area (Å²) in [7, 11) is -0.0898. The van der Waals surface area contributed by atoms with E-state index in [1.165, 1.54) is 12.3 Å². The number of likely N-dealkylation sites (N-methyl/N-ethyl adjacent to an activating group) is 1. The van der Waals surface area contributed by atoms with Crippen molar-refractivity contribution in [3.63, 3.8) is 0 Å². The van der Waals surface area contributed by atoms with Crippen LogP contribution in [0.3, 0.4) is 0 Å². The van der Waals surface area contributed by atoms with Crippen LogP contribution in [0.25, 0.3) is 5.65 Å². The Hall–Kier alpha value is -3.05. The predicted octanol–water partition coefficient (Wildman–Crippen LogP) is 4.66. The molecule has 0 atom stereocenters. The van der Waals surface area contributed by atoms with Crippen LogP contribution in [0.4, 0.5) is 5.82 Å². The first kappa shape index (κ1) is 26.0. The number of hydrogen-bond donors (Lipinski definition) is 1. The fourth-order valence-corrected chi connectivity index (χ4v) is 5.06. The second-order valence-corrected chi connectivity index (χ2v) is 10.7. The van der Waals surface area contributed by atoms with Crippen molar-refractivity contribution < 1.29 is 17.9 Å². The van der Waals surface area contributed by atoms with Crippen LogP contribution in [0.1, 0.15) is 11.1 Å². The Morgan fingerprint density at radius 3 is 2.67 bits per heavy atom. The Morgan fingerprint density at radius 1 is 1.08 bits per heavy atom. The molecular formula is C24H25Cl2N5O4S. The van der Waals surface area contributed by atoms with Crippen LogP contribution in [0.2, 0.25) is 10.0 Å². The first-order valence-corrected chi connectivity index (χ1v) is 13.2. The number of rotatable bonds is 10. The Morgan fingerprint density at radius 2 is 1.89 bits per heavy atom. The van der Waals surface area contributed by atoms with Gasteiger partial charge in [0.25, 0.3) is 10.0 Å². The van der Waals surface area contributed by atoms with E-state index in [9.17, 15) is 8.42 Å². The number of benzene rings is 2. The number of ether oxygens (including phenoxy) is 2. The van der Waals surface area contributed by atoms with E-state index >= 15 is 0 Å². The van der Waals surface area contributed by atoms with Crippen molar-refractivity contribution in [1.29, 1.82) is 0 Å². The normalized spacial score (nSPS) is 11.7. The highest BCUT2D eigenvalue weighted by Gasteiger charge is 2.22. The number of nitrogens with one attached hydrogen (secondary N) is 1. The number of sulfonamides is 1. The molecule has 0 aliphatic heterocycles. The zero-order chi connectivity index (χ0) is 25.9. The fourth-order valence-electron chi connectivity index (χ4n) is 3.38. The van der Waals surface area contributed by atoms with Crippen LogP contribution in [-0.4, -0.2) is 54.9 Å². The lowest BCUT2D eigenvalue weighted by molar-refractivity contribution is 0.259. The highest BCUT2D eigenvalue weighted by Crippen LogP contribution is 2.30. The van der Waals surface area contributed by atoms with Crippen LogP contribution in [0.15, 0.2) is 59.9 Å². The summed E-state index contributed by atoms with van der Waals surface area (Å²) in [6, 6.07) is 10.0. The van der Waals surface area contributed by atoms with Gasteiger partial charge in [0.2, 0.25) is 11.7 Å². The van der Waals surface area contributed by atoms with Gasteiger partial charge in [0.1, 0.15) is 19.0 Å². The molecule has 0 amide bonds. The molecule has 0 spiro atoms. The van der Waals surface area contributed by atoms with Crippen LogP contribution in [0, 0.1) is 6.92 Å². The summed E-state index contributed by atoms with van der Waals surface area (Å²) < 4.78 is 42.4. The summed E-state index contributed by atoms with van der Waals surface area (Å²) in [5.74, 6) is 0.727. The highest BCUT2D eigenvalue weighted by atomic mass is 35.5. The molecule has 1 N–H and O–H groups in total. The first-order chi connectivity index (χ1) is 17.2. The van der Waals surface area contributed by atoms with Crippen molar-refractivity contribution in [2.24, 2.45) is 0 Å². The fraction of sp³-hybridized carbons (Fsp3) is 0.250. The van der Waals surface area contributed by atoms with Gasteiger partial charge in [-0.15, -0.1) is 0 Å². The van der Waals surface area contributed by atoms with Gasteiger partial charge in [-0.1, -0.05) is 35.3 Å². The average Bonchev–Trinajstić information content (AvgIpc) is 3.30. The van der Waals surface area contributed by atoms with E-state index in [0.29, 0.717) is 33.6 Å². The maximum atomic E-state index is 13.2. The topological polar surface area (TPSA) is 98.1 Å². The number of fused-ring (bicyclic) bond motifs is 1. The molecule has 0 bridgehead atoms. The van der Waals surface area contributed by atoms with Crippen LogP contribution in [-0.2, 0) is 16.6 Å². The largest absolute Gasteiger partial charge is 0.491 e. The van der Waals surface area contributed by atoms with Crippen molar-refractivity contribution in [1.82, 2.24) is 19.3 Å². The zero-order valence-corrected chi connectivity index (χ0v) is 22.2. The Labute approximate surface area is 219 Å². The summed E-state index contributed by atoms with van der Waals surface area (Å²) in [4.78, 5) is 10.5. The van der Waals surface area contributed by atoms with Crippen molar-refractivity contribution in [2.75, 3.05) is 32.0 Å². The summed E-state index contributed by atoms with van der Waals surface area (Å²) in [6.07, 6.45) is 4.68. The molecular weight excluding hydrogens is 525 g/mol. The smallest absolute Gasteiger partial charge is 0.263 e. The summed E-state index contributed by atoms with van der Waals surface area (Å²) in [5.41, 5.74) is 1.70. The Balaban J connectivity index is 1.61. The molecule has 4 rings (SSSR count). The lowest BCUT2D eigenvalue weighted by Crippen LogP contribution is -2.19. The van der Waals surface area contributed by atoms with Gasteiger partial charge in [-0.05, 0) is 56.4 Å². The minimum atomic E-state index is -4.01. The molecule has 0 fully saturated rings. The number of nitrogens with zero attached hydrogens (tertiary/aromatic N) is 4. The summed E-state index contributed by atoms with van der Waals surface area (Å²) >= 11 is 12.4. The monoisotopic (exact) mass is 549 g/mol. The maximum absolute atomic E-state index is 13.2. The van der Waals surface area contributed by atoms with E-state index in [1.54, 1.807) is 48.0 Å². The third-order valence-electron chi connectivity index (χ3n) is 5.31. The maximum Gasteiger partial charge on any atom is 0.263 e. The standard InChI is InChI=1S/C24H25Cl2N5O4S/c1-16-18(25)5-4-6-21(16)36(32,33)29-23-24(31-10-9-27-22(31)14-28-23)35-15-17-7-8-19(26)20(13-17)34-12-11-30(2)3/h4-10,13-14,29H,11-12,15H2,1-3H3. The van der Waals surface area contributed by atoms with Gasteiger partial charge in [-0.2, -0.15) is 0 Å². The Kier molecular flexibility index (Phi) is 7.89. The predicted molar refractivity (Wildman–Crippen MR) is 140 cm³/mol. The molecule has 12 heteroatoms. The van der Waals surface area contributed by atoms with Crippen molar-refractivity contribution in [3.05, 3.63) is 76.2 Å². The second kappa shape index (κ2) is 10.9. The van der Waals surface area contributed by atoms with E-state index in [0.717, 1.165) is 12.1 Å².